The molecule has 1 spiro atoms. The summed E-state index contributed by atoms with van der Waals surface area (Å²) in [6.07, 6.45) is 17.3. The third-order valence-corrected chi connectivity index (χ3v) is 7.91. The summed E-state index contributed by atoms with van der Waals surface area (Å²) in [6.45, 7) is 1.51. The van der Waals surface area contributed by atoms with E-state index in [1.165, 1.54) is 38.3 Å². The summed E-state index contributed by atoms with van der Waals surface area (Å²) in [4.78, 5) is 31.0. The van der Waals surface area contributed by atoms with Gasteiger partial charge in [-0.15, -0.1) is 0 Å². The number of hydrogen-bond donors (Lipinski definition) is 1. The van der Waals surface area contributed by atoms with Crippen LogP contribution in [0.2, 0.25) is 0 Å². The molecular formula is C23H35N3O3. The molecule has 1 N–H and O–H groups in total. The van der Waals surface area contributed by atoms with Crippen molar-refractivity contribution in [3.8, 4) is 0 Å². The normalized spacial score (nSPS) is 27.4. The fourth-order valence-electron chi connectivity index (χ4n) is 6.06. The first-order chi connectivity index (χ1) is 14.0. The van der Waals surface area contributed by atoms with Crippen molar-refractivity contribution >= 4 is 5.91 Å². The Labute approximate surface area is 173 Å². The van der Waals surface area contributed by atoms with Crippen LogP contribution < -0.4 is 5.56 Å². The summed E-state index contributed by atoms with van der Waals surface area (Å²) in [7, 11) is 0. The molecule has 29 heavy (non-hydrogen) atoms. The maximum absolute atomic E-state index is 13.0. The smallest absolute Gasteiger partial charge is 0.269 e. The summed E-state index contributed by atoms with van der Waals surface area (Å²) in [6, 6.07) is 0. The van der Waals surface area contributed by atoms with E-state index in [1.807, 2.05) is 4.90 Å². The maximum Gasteiger partial charge on any atom is 0.269 e. The average Bonchev–Trinajstić information content (AvgIpc) is 3.21. The van der Waals surface area contributed by atoms with Crippen molar-refractivity contribution in [1.82, 2.24) is 14.5 Å². The molecule has 4 rings (SSSR count). The minimum absolute atomic E-state index is 0.181. The minimum atomic E-state index is -0.950. The van der Waals surface area contributed by atoms with E-state index in [9.17, 15) is 14.7 Å². The number of aliphatic hydroxyl groups is 1. The van der Waals surface area contributed by atoms with Crippen molar-refractivity contribution in [3.63, 3.8) is 0 Å². The van der Waals surface area contributed by atoms with E-state index in [-0.39, 0.29) is 16.9 Å². The lowest BCUT2D eigenvalue weighted by molar-refractivity contribution is -0.160. The maximum atomic E-state index is 13.0. The third-order valence-electron chi connectivity index (χ3n) is 7.91. The minimum Gasteiger partial charge on any atom is -0.387 e. The lowest BCUT2D eigenvalue weighted by Gasteiger charge is -2.52. The zero-order chi connectivity index (χ0) is 20.3. The topological polar surface area (TPSA) is 75.4 Å². The highest BCUT2D eigenvalue weighted by Gasteiger charge is 2.55. The van der Waals surface area contributed by atoms with Gasteiger partial charge >= 0.3 is 0 Å². The highest BCUT2D eigenvalue weighted by atomic mass is 16.3. The Morgan fingerprint density at radius 1 is 1.14 bits per heavy atom. The number of rotatable bonds is 5. The molecule has 2 heterocycles. The van der Waals surface area contributed by atoms with E-state index in [0.717, 1.165) is 32.1 Å². The molecule has 1 amide bonds. The van der Waals surface area contributed by atoms with Crippen LogP contribution in [0.25, 0.3) is 0 Å². The fraction of sp³-hybridized carbons (Fsp3) is 0.783. The molecule has 0 aromatic carbocycles. The Balaban J connectivity index is 1.44. The first kappa shape index (κ1) is 20.6. The lowest BCUT2D eigenvalue weighted by Crippen LogP contribution is -2.62. The highest BCUT2D eigenvalue weighted by Crippen LogP contribution is 2.51. The second kappa shape index (κ2) is 8.58. The van der Waals surface area contributed by atoms with Gasteiger partial charge < -0.3 is 14.6 Å². The molecule has 1 aromatic rings. The number of hydrogen-bond acceptors (Lipinski definition) is 4. The lowest BCUT2D eigenvalue weighted by atomic mass is 9.65. The number of carbonyl (C=O) groups is 1. The fourth-order valence-corrected chi connectivity index (χ4v) is 6.06. The molecule has 2 saturated carbocycles. The van der Waals surface area contributed by atoms with E-state index in [4.69, 9.17) is 0 Å². The summed E-state index contributed by atoms with van der Waals surface area (Å²) >= 11 is 0. The van der Waals surface area contributed by atoms with Crippen LogP contribution >= 0.6 is 0 Å². The van der Waals surface area contributed by atoms with E-state index in [1.54, 1.807) is 17.0 Å². The number of carbonyl (C=O) groups excluding carboxylic acids is 1. The van der Waals surface area contributed by atoms with Gasteiger partial charge in [0.1, 0.15) is 0 Å². The Hall–Kier alpha value is -1.69. The number of aromatic nitrogens is 2. The monoisotopic (exact) mass is 401 g/mol. The molecule has 0 bridgehead atoms. The molecule has 3 aliphatic rings. The summed E-state index contributed by atoms with van der Waals surface area (Å²) in [5.74, 6) is 0.971. The van der Waals surface area contributed by atoms with Gasteiger partial charge in [0.05, 0.1) is 18.3 Å². The van der Waals surface area contributed by atoms with Crippen LogP contribution in [-0.2, 0) is 11.3 Å². The highest BCUT2D eigenvalue weighted by molar-refractivity contribution is 5.76. The van der Waals surface area contributed by atoms with Gasteiger partial charge in [-0.1, -0.05) is 44.9 Å². The molecular weight excluding hydrogens is 366 g/mol. The van der Waals surface area contributed by atoms with Crippen LogP contribution in [0.1, 0.15) is 77.0 Å². The molecule has 6 heteroatoms. The summed E-state index contributed by atoms with van der Waals surface area (Å²) < 4.78 is 1.58. The van der Waals surface area contributed by atoms with Crippen molar-refractivity contribution in [3.05, 3.63) is 28.9 Å². The van der Waals surface area contributed by atoms with E-state index in [2.05, 4.69) is 4.98 Å². The Kier molecular flexibility index (Phi) is 6.09. The van der Waals surface area contributed by atoms with Gasteiger partial charge in [-0.05, 0) is 31.6 Å². The molecule has 1 atom stereocenters. The molecule has 1 unspecified atom stereocenters. The Bertz CT molecular complexity index is 765. The average molecular weight is 402 g/mol. The van der Waals surface area contributed by atoms with Gasteiger partial charge in [0.15, 0.2) is 0 Å². The van der Waals surface area contributed by atoms with Crippen LogP contribution in [0.4, 0.5) is 0 Å². The quantitative estimate of drug-likeness (QED) is 0.822. The van der Waals surface area contributed by atoms with Crippen LogP contribution in [0.5, 0.6) is 0 Å². The van der Waals surface area contributed by atoms with Crippen LogP contribution in [0, 0.1) is 11.3 Å². The molecule has 160 valence electrons. The van der Waals surface area contributed by atoms with Gasteiger partial charge in [0.2, 0.25) is 5.91 Å². The largest absolute Gasteiger partial charge is 0.387 e. The first-order valence-corrected chi connectivity index (χ1v) is 11.5. The molecule has 2 aliphatic carbocycles. The second-order valence-electron chi connectivity index (χ2n) is 9.67. The van der Waals surface area contributed by atoms with Crippen molar-refractivity contribution in [2.75, 3.05) is 13.1 Å². The standard InChI is InChI=1S/C23H35N3O3/c27-20(9-8-19-6-2-1-3-7-19)25-14-12-23(29,22(17-25)10-4-5-11-22)18-26-15-13-24-16-21(26)28/h13,15-16,19,29H,1-12,14,17-18H2. The van der Waals surface area contributed by atoms with Crippen molar-refractivity contribution in [2.45, 2.75) is 89.2 Å². The molecule has 0 radical (unpaired) electrons. The molecule has 1 saturated heterocycles. The van der Waals surface area contributed by atoms with E-state index in [0.29, 0.717) is 38.4 Å². The zero-order valence-electron chi connectivity index (χ0n) is 17.5. The number of likely N-dealkylation sites (tertiary alicyclic amines) is 1. The van der Waals surface area contributed by atoms with Crippen molar-refractivity contribution in [1.29, 1.82) is 0 Å². The molecule has 6 nitrogen and oxygen atoms in total. The van der Waals surface area contributed by atoms with Crippen molar-refractivity contribution in [2.24, 2.45) is 11.3 Å². The second-order valence-corrected chi connectivity index (χ2v) is 9.67. The SMILES string of the molecule is O=C(CCC1CCCCC1)N1CCC(O)(Cn2ccncc2=O)C2(CCCC2)C1. The first-order valence-electron chi connectivity index (χ1n) is 11.5. The molecule has 1 aliphatic heterocycles. The van der Waals surface area contributed by atoms with Gasteiger partial charge in [-0.3, -0.25) is 14.6 Å². The van der Waals surface area contributed by atoms with Crippen LogP contribution in [0.3, 0.4) is 0 Å². The van der Waals surface area contributed by atoms with Gasteiger partial charge in [0.25, 0.3) is 5.56 Å². The Morgan fingerprint density at radius 2 is 1.90 bits per heavy atom. The summed E-state index contributed by atoms with van der Waals surface area (Å²) in [5.41, 5.74) is -1.43. The number of nitrogens with zero attached hydrogens (tertiary/aromatic N) is 3. The number of piperidine rings is 1. The third kappa shape index (κ3) is 4.27. The zero-order valence-corrected chi connectivity index (χ0v) is 17.5. The van der Waals surface area contributed by atoms with Crippen LogP contribution in [0.15, 0.2) is 23.4 Å². The number of amides is 1. The Morgan fingerprint density at radius 3 is 2.62 bits per heavy atom. The van der Waals surface area contributed by atoms with E-state index < -0.39 is 5.60 Å². The predicted molar refractivity (Wildman–Crippen MR) is 111 cm³/mol. The van der Waals surface area contributed by atoms with Gasteiger partial charge in [0, 0.05) is 37.3 Å². The van der Waals surface area contributed by atoms with Crippen molar-refractivity contribution < 1.29 is 9.90 Å². The summed E-state index contributed by atoms with van der Waals surface area (Å²) in [5, 5.41) is 11.7. The molecule has 3 fully saturated rings. The van der Waals surface area contributed by atoms with Gasteiger partial charge in [-0.25, -0.2) is 0 Å². The van der Waals surface area contributed by atoms with Crippen LogP contribution in [-0.4, -0.2) is 44.2 Å². The predicted octanol–water partition coefficient (Wildman–Crippen LogP) is 3.13. The molecule has 1 aromatic heterocycles. The van der Waals surface area contributed by atoms with Gasteiger partial charge in [-0.2, -0.15) is 0 Å². The van der Waals surface area contributed by atoms with E-state index >= 15 is 0 Å².